The van der Waals surface area contributed by atoms with Gasteiger partial charge in [0.25, 0.3) is 15.9 Å². The van der Waals surface area contributed by atoms with Gasteiger partial charge in [-0.15, -0.1) is 0 Å². The van der Waals surface area contributed by atoms with E-state index in [0.717, 1.165) is 29.3 Å². The van der Waals surface area contributed by atoms with Crippen molar-refractivity contribution in [2.45, 2.75) is 50.0 Å². The van der Waals surface area contributed by atoms with Gasteiger partial charge in [-0.1, -0.05) is 24.3 Å². The third-order valence-electron chi connectivity index (χ3n) is 7.15. The van der Waals surface area contributed by atoms with Crippen LogP contribution >= 0.6 is 0 Å². The van der Waals surface area contributed by atoms with E-state index in [2.05, 4.69) is 5.32 Å². The Hall–Kier alpha value is -4.31. The predicted molar refractivity (Wildman–Crippen MR) is 157 cm³/mol. The molecule has 1 heterocycles. The molecule has 0 unspecified atom stereocenters. The summed E-state index contributed by atoms with van der Waals surface area (Å²) in [6.45, 7) is 1.61. The van der Waals surface area contributed by atoms with Crippen LogP contribution in [0.2, 0.25) is 0 Å². The van der Waals surface area contributed by atoms with Gasteiger partial charge in [-0.2, -0.15) is 0 Å². The second-order valence-electron chi connectivity index (χ2n) is 10.1. The molecule has 1 aliphatic carbocycles. The van der Waals surface area contributed by atoms with Crippen molar-refractivity contribution in [3.05, 3.63) is 89.1 Å². The zero-order chi connectivity index (χ0) is 32.6. The first-order valence-corrected chi connectivity index (χ1v) is 14.6. The summed E-state index contributed by atoms with van der Waals surface area (Å²) in [6.07, 6.45) is 2.77. The maximum atomic E-state index is 13.0. The number of carbonyl (C=O) groups is 2. The molecular weight excluding hydrogens is 542 g/mol. The van der Waals surface area contributed by atoms with Crippen molar-refractivity contribution in [3.8, 4) is 5.75 Å². The van der Waals surface area contributed by atoms with E-state index in [-0.39, 0.29) is 22.6 Å². The molecule has 0 atom stereocenters. The number of fused-ring (bicyclic) bond motifs is 1. The fourth-order valence-corrected chi connectivity index (χ4v) is 6.30. The van der Waals surface area contributed by atoms with Crippen LogP contribution in [0.15, 0.2) is 71.8 Å². The number of hydrogen-bond donors (Lipinski definition) is 2. The molecule has 0 spiro atoms. The lowest BCUT2D eigenvalue weighted by molar-refractivity contribution is 0.0980. The summed E-state index contributed by atoms with van der Waals surface area (Å²) in [5.41, 5.74) is 2.86. The van der Waals surface area contributed by atoms with Gasteiger partial charge in [-0.3, -0.25) is 10.1 Å². The molecule has 1 aliphatic rings. The van der Waals surface area contributed by atoms with Crippen LogP contribution in [-0.4, -0.2) is 38.1 Å². The lowest BCUT2D eigenvalue weighted by Gasteiger charge is -2.13. The van der Waals surface area contributed by atoms with E-state index in [9.17, 15) is 18.0 Å². The minimum atomic E-state index is -4.19. The zero-order valence-electron chi connectivity index (χ0n) is 26.7. The highest BCUT2D eigenvalue weighted by Crippen LogP contribution is 2.30. The lowest BCUT2D eigenvalue weighted by atomic mass is 10.0. The number of aryl methyl sites for hydroxylation is 2. The van der Waals surface area contributed by atoms with E-state index in [1.807, 2.05) is 28.6 Å². The van der Waals surface area contributed by atoms with Crippen molar-refractivity contribution < 1.29 is 33.0 Å². The number of nitrogens with one attached hydrogen (secondary N) is 2. The number of aromatic nitrogens is 1. The van der Waals surface area contributed by atoms with Crippen LogP contribution in [0.5, 0.6) is 5.75 Å². The molecule has 0 saturated heterocycles. The summed E-state index contributed by atoms with van der Waals surface area (Å²) >= 11 is 0. The van der Waals surface area contributed by atoms with Crippen molar-refractivity contribution in [2.75, 3.05) is 12.4 Å². The number of nitrogens with zero attached hydrogens (tertiary/aromatic N) is 1. The Labute approximate surface area is 245 Å². The summed E-state index contributed by atoms with van der Waals surface area (Å²) in [4.78, 5) is 25.5. The second-order valence-corrected chi connectivity index (χ2v) is 11.7. The van der Waals surface area contributed by atoms with Crippen LogP contribution in [0.25, 0.3) is 10.9 Å². The number of hydrogen-bond acceptors (Lipinski definition) is 6. The Kier molecular flexibility index (Phi) is 6.66. The summed E-state index contributed by atoms with van der Waals surface area (Å²) < 4.78 is 71.6. The van der Waals surface area contributed by atoms with Gasteiger partial charge in [0.15, 0.2) is 0 Å². The number of rotatable bonds is 8. The Morgan fingerprint density at radius 3 is 2.61 bits per heavy atom. The van der Waals surface area contributed by atoms with E-state index >= 15 is 0 Å². The molecule has 4 aromatic rings. The third kappa shape index (κ3) is 6.22. The van der Waals surface area contributed by atoms with E-state index in [0.29, 0.717) is 29.7 Å². The molecule has 1 saturated carbocycles. The highest BCUT2D eigenvalue weighted by molar-refractivity contribution is 7.90. The summed E-state index contributed by atoms with van der Waals surface area (Å²) in [6, 6.07) is 15.6. The van der Waals surface area contributed by atoms with Gasteiger partial charge in [0.1, 0.15) is 11.8 Å². The Balaban J connectivity index is 1.41. The minimum absolute atomic E-state index is 0.0512. The Morgan fingerprint density at radius 1 is 1.07 bits per heavy atom. The number of sulfonamides is 1. The normalized spacial score (nSPS) is 16.2. The van der Waals surface area contributed by atoms with E-state index in [1.54, 1.807) is 37.3 Å². The predicted octanol–water partition coefficient (Wildman–Crippen LogP) is 5.70. The Morgan fingerprint density at radius 2 is 1.85 bits per heavy atom. The molecule has 1 fully saturated rings. The first kappa shape index (κ1) is 23.4. The molecule has 2 amide bonds. The highest BCUT2D eigenvalue weighted by atomic mass is 32.2. The topological polar surface area (TPSA) is 116 Å². The molecule has 214 valence electrons. The van der Waals surface area contributed by atoms with Gasteiger partial charge in [-0.05, 0) is 85.7 Å². The summed E-state index contributed by atoms with van der Waals surface area (Å²) in [5.74, 6) is -1.05. The van der Waals surface area contributed by atoms with Gasteiger partial charge in [-0.25, -0.2) is 17.9 Å². The Bertz CT molecular complexity index is 1880. The molecule has 0 aliphatic heterocycles. The average molecular weight is 580 g/mol. The minimum Gasteiger partial charge on any atom is -0.496 e. The monoisotopic (exact) mass is 579 g/mol. The van der Waals surface area contributed by atoms with E-state index in [4.69, 9.17) is 15.0 Å². The largest absolute Gasteiger partial charge is 0.496 e. The van der Waals surface area contributed by atoms with Crippen molar-refractivity contribution in [1.29, 1.82) is 0 Å². The molecule has 41 heavy (non-hydrogen) atoms. The van der Waals surface area contributed by atoms with E-state index in [1.165, 1.54) is 24.3 Å². The maximum absolute atomic E-state index is 13.0. The van der Waals surface area contributed by atoms with Crippen LogP contribution in [0.4, 0.5) is 10.5 Å². The first-order valence-electron chi connectivity index (χ1n) is 15.2. The van der Waals surface area contributed by atoms with Crippen molar-refractivity contribution in [1.82, 2.24) is 9.29 Å². The summed E-state index contributed by atoms with van der Waals surface area (Å²) in [7, 11) is -5.19. The van der Waals surface area contributed by atoms with Crippen molar-refractivity contribution in [2.24, 2.45) is 7.05 Å². The van der Waals surface area contributed by atoms with Crippen LogP contribution in [0.1, 0.15) is 58.2 Å². The molecule has 10 heteroatoms. The fraction of sp³-hybridized carbons (Fsp3) is 0.290. The van der Waals surface area contributed by atoms with Crippen LogP contribution < -0.4 is 14.8 Å². The quantitative estimate of drug-likeness (QED) is 0.277. The van der Waals surface area contributed by atoms with Crippen LogP contribution in [0.3, 0.4) is 0 Å². The standard InChI is InChI=1S/C31H33N3O6S/c1-20-8-4-7-11-29(20)41(37,38)33-30(35)22-13-12-21(28(17-22)39-3)16-23-19-34(2)27-15-14-24(18-26(23)27)32-31(36)40-25-9-5-6-10-25/h4,7-8,11-15,17-19,25H,5-6,9-10,16H2,1-3H3,(H,32,36)(H,33,35)/i3D3,25D. The SMILES string of the molecule is [2H]C([2H])([2H])Oc1cc(C(=O)NS(=O)(=O)c2ccccc2C)ccc1Cc1cn(C)c2ccc(NC(=O)OC3([2H])CCCC3)cc12. The van der Waals surface area contributed by atoms with Crippen molar-refractivity contribution >= 4 is 38.6 Å². The van der Waals surface area contributed by atoms with Crippen LogP contribution in [0, 0.1) is 6.92 Å². The zero-order valence-corrected chi connectivity index (χ0v) is 23.5. The van der Waals surface area contributed by atoms with Gasteiger partial charge in [0.2, 0.25) is 0 Å². The third-order valence-corrected chi connectivity index (χ3v) is 8.64. The molecule has 1 aromatic heterocycles. The number of benzene rings is 3. The second kappa shape index (κ2) is 11.7. The average Bonchev–Trinajstić information content (AvgIpc) is 3.50. The van der Waals surface area contributed by atoms with E-state index < -0.39 is 35.1 Å². The van der Waals surface area contributed by atoms with Crippen LogP contribution in [-0.2, 0) is 28.2 Å². The maximum Gasteiger partial charge on any atom is 0.411 e. The molecule has 0 radical (unpaired) electrons. The molecule has 5 rings (SSSR count). The lowest BCUT2D eigenvalue weighted by Crippen LogP contribution is -2.31. The van der Waals surface area contributed by atoms with Gasteiger partial charge in [0, 0.05) is 41.8 Å². The van der Waals surface area contributed by atoms with Gasteiger partial charge >= 0.3 is 6.09 Å². The highest BCUT2D eigenvalue weighted by Gasteiger charge is 2.22. The number of carbonyl (C=O) groups excluding carboxylic acids is 2. The smallest absolute Gasteiger partial charge is 0.411 e. The first-order chi connectivity index (χ1) is 21.1. The van der Waals surface area contributed by atoms with Gasteiger partial charge in [0.05, 0.1) is 17.4 Å². The number of anilines is 1. The molecule has 9 nitrogen and oxygen atoms in total. The molecular formula is C31H33N3O6S. The molecule has 3 aromatic carbocycles. The number of methoxy groups -OCH3 is 1. The number of amides is 2. The molecule has 0 bridgehead atoms. The number of ether oxygens (including phenoxy) is 2. The fourth-order valence-electron chi connectivity index (χ4n) is 5.07. The van der Waals surface area contributed by atoms with Gasteiger partial charge < -0.3 is 14.0 Å². The molecule has 2 N–H and O–H groups in total. The van der Waals surface area contributed by atoms with Crippen molar-refractivity contribution in [3.63, 3.8) is 0 Å². The summed E-state index contributed by atoms with van der Waals surface area (Å²) in [5, 5.41) is 3.47.